The number of aromatic nitrogens is 3. The van der Waals surface area contributed by atoms with Gasteiger partial charge in [0.25, 0.3) is 0 Å². The smallest absolute Gasteiger partial charge is 0.195 e. The molecule has 0 aliphatic rings. The molecule has 17 heavy (non-hydrogen) atoms. The topological polar surface area (TPSA) is 33.6 Å². The molecular weight excluding hydrogens is 230 g/mol. The number of H-pyrrole nitrogens is 1. The second kappa shape index (κ2) is 4.45. The fourth-order valence-electron chi connectivity index (χ4n) is 2.04. The van der Waals surface area contributed by atoms with Crippen LogP contribution in [0.15, 0.2) is 18.2 Å². The molecule has 0 aliphatic heterocycles. The van der Waals surface area contributed by atoms with Crippen LogP contribution < -0.4 is 0 Å². The normalized spacial score (nSPS) is 11.1. The molecule has 90 valence electrons. The van der Waals surface area contributed by atoms with Crippen LogP contribution in [0.4, 0.5) is 0 Å². The Morgan fingerprint density at radius 1 is 1.29 bits per heavy atom. The van der Waals surface area contributed by atoms with Crippen LogP contribution in [0.1, 0.15) is 31.0 Å². The third kappa shape index (κ3) is 2.17. The first kappa shape index (κ1) is 12.0. The summed E-state index contributed by atoms with van der Waals surface area (Å²) in [5.41, 5.74) is 3.62. The van der Waals surface area contributed by atoms with Crippen LogP contribution in [0.25, 0.3) is 11.4 Å². The molecule has 1 aromatic carbocycles. The van der Waals surface area contributed by atoms with E-state index in [2.05, 4.69) is 56.1 Å². The minimum Gasteiger partial charge on any atom is -0.298 e. The van der Waals surface area contributed by atoms with Gasteiger partial charge in [0, 0.05) is 11.6 Å². The maximum atomic E-state index is 5.26. The monoisotopic (exact) mass is 247 g/mol. The van der Waals surface area contributed by atoms with Gasteiger partial charge in [0.2, 0.25) is 0 Å². The highest BCUT2D eigenvalue weighted by molar-refractivity contribution is 7.71. The van der Waals surface area contributed by atoms with Crippen LogP contribution in [-0.4, -0.2) is 14.8 Å². The Labute approximate surface area is 106 Å². The molecule has 1 heterocycles. The van der Waals surface area contributed by atoms with E-state index in [1.165, 1.54) is 11.1 Å². The van der Waals surface area contributed by atoms with Crippen LogP contribution in [0, 0.1) is 18.6 Å². The summed E-state index contributed by atoms with van der Waals surface area (Å²) in [6, 6.07) is 6.67. The highest BCUT2D eigenvalue weighted by Gasteiger charge is 2.13. The predicted octanol–water partition coefficient (Wildman–Crippen LogP) is 3.81. The van der Waals surface area contributed by atoms with Crippen molar-refractivity contribution >= 4 is 12.2 Å². The number of aromatic amines is 1. The van der Waals surface area contributed by atoms with Crippen molar-refractivity contribution in [1.29, 1.82) is 0 Å². The Kier molecular flexibility index (Phi) is 3.15. The summed E-state index contributed by atoms with van der Waals surface area (Å²) in [4.78, 5) is 0. The van der Waals surface area contributed by atoms with Gasteiger partial charge >= 0.3 is 0 Å². The molecule has 0 aliphatic carbocycles. The van der Waals surface area contributed by atoms with Gasteiger partial charge in [-0.2, -0.15) is 5.10 Å². The summed E-state index contributed by atoms with van der Waals surface area (Å²) < 4.78 is 2.72. The minimum atomic E-state index is 0.303. The zero-order valence-corrected chi connectivity index (χ0v) is 11.4. The number of rotatable bonds is 2. The Morgan fingerprint density at radius 2 is 2.00 bits per heavy atom. The lowest BCUT2D eigenvalue weighted by Crippen LogP contribution is -2.04. The SMILES string of the molecule is Cc1ccc(-c2n[nH]c(=S)n2C(C)C)c(C)c1. The van der Waals surface area contributed by atoms with Gasteiger partial charge in [-0.1, -0.05) is 23.8 Å². The first-order valence-corrected chi connectivity index (χ1v) is 6.16. The molecule has 1 N–H and O–H groups in total. The summed E-state index contributed by atoms with van der Waals surface area (Å²) in [5, 5.41) is 7.22. The Hall–Kier alpha value is -1.42. The molecule has 0 amide bonds. The molecule has 0 saturated carbocycles. The summed E-state index contributed by atoms with van der Waals surface area (Å²) >= 11 is 5.26. The maximum absolute atomic E-state index is 5.26. The standard InChI is InChI=1S/C13H17N3S/c1-8(2)16-12(14-15-13(16)17)11-6-5-9(3)7-10(11)4/h5-8H,1-4H3,(H,15,17). The van der Waals surface area contributed by atoms with Gasteiger partial charge in [0.1, 0.15) is 0 Å². The van der Waals surface area contributed by atoms with E-state index < -0.39 is 0 Å². The highest BCUT2D eigenvalue weighted by atomic mass is 32.1. The highest BCUT2D eigenvalue weighted by Crippen LogP contribution is 2.24. The van der Waals surface area contributed by atoms with Crippen molar-refractivity contribution in [2.24, 2.45) is 0 Å². The van der Waals surface area contributed by atoms with E-state index in [0.29, 0.717) is 10.8 Å². The second-order valence-corrected chi connectivity index (χ2v) is 5.02. The largest absolute Gasteiger partial charge is 0.298 e. The first-order chi connectivity index (χ1) is 8.00. The van der Waals surface area contributed by atoms with Gasteiger partial charge in [0.15, 0.2) is 10.6 Å². The molecule has 1 aromatic heterocycles. The summed E-state index contributed by atoms with van der Waals surface area (Å²) in [5.74, 6) is 0.919. The molecule has 0 fully saturated rings. The molecule has 3 nitrogen and oxygen atoms in total. The van der Waals surface area contributed by atoms with E-state index >= 15 is 0 Å². The molecule has 0 spiro atoms. The van der Waals surface area contributed by atoms with E-state index in [4.69, 9.17) is 12.2 Å². The lowest BCUT2D eigenvalue weighted by molar-refractivity contribution is 0.597. The van der Waals surface area contributed by atoms with Gasteiger partial charge in [0.05, 0.1) is 0 Å². The van der Waals surface area contributed by atoms with E-state index in [-0.39, 0.29) is 0 Å². The van der Waals surface area contributed by atoms with Crippen LogP contribution in [0.2, 0.25) is 0 Å². The van der Waals surface area contributed by atoms with Crippen LogP contribution in [0.5, 0.6) is 0 Å². The molecule has 2 rings (SSSR count). The summed E-state index contributed by atoms with van der Waals surface area (Å²) in [7, 11) is 0. The molecule has 4 heteroatoms. The van der Waals surface area contributed by atoms with Crippen LogP contribution >= 0.6 is 12.2 Å². The minimum absolute atomic E-state index is 0.303. The number of hydrogen-bond donors (Lipinski definition) is 1. The number of hydrogen-bond acceptors (Lipinski definition) is 2. The average molecular weight is 247 g/mol. The number of aryl methyl sites for hydroxylation is 2. The number of nitrogens with zero attached hydrogens (tertiary/aromatic N) is 2. The van der Waals surface area contributed by atoms with Crippen molar-refractivity contribution in [3.63, 3.8) is 0 Å². The fourth-order valence-corrected chi connectivity index (χ4v) is 2.38. The van der Waals surface area contributed by atoms with Crippen molar-refractivity contribution in [1.82, 2.24) is 14.8 Å². The lowest BCUT2D eigenvalue weighted by atomic mass is 10.1. The van der Waals surface area contributed by atoms with Gasteiger partial charge in [-0.15, -0.1) is 0 Å². The molecule has 0 unspecified atom stereocenters. The van der Waals surface area contributed by atoms with Crippen molar-refractivity contribution in [3.8, 4) is 11.4 Å². The molecule has 0 radical (unpaired) electrons. The van der Waals surface area contributed by atoms with E-state index in [9.17, 15) is 0 Å². The van der Waals surface area contributed by atoms with Crippen molar-refractivity contribution in [2.75, 3.05) is 0 Å². The zero-order valence-electron chi connectivity index (χ0n) is 10.6. The van der Waals surface area contributed by atoms with E-state index in [1.807, 2.05) is 4.57 Å². The fraction of sp³-hybridized carbons (Fsp3) is 0.385. The van der Waals surface area contributed by atoms with E-state index in [0.717, 1.165) is 11.4 Å². The van der Waals surface area contributed by atoms with Gasteiger partial charge < -0.3 is 0 Å². The molecule has 0 saturated heterocycles. The van der Waals surface area contributed by atoms with Crippen LogP contribution in [-0.2, 0) is 0 Å². The maximum Gasteiger partial charge on any atom is 0.195 e. The van der Waals surface area contributed by atoms with Gasteiger partial charge in [-0.05, 0) is 45.5 Å². The summed E-state index contributed by atoms with van der Waals surface area (Å²) in [6.45, 7) is 8.41. The zero-order chi connectivity index (χ0) is 12.6. The molecular formula is C13H17N3S. The molecule has 2 aromatic rings. The molecule has 0 atom stereocenters. The van der Waals surface area contributed by atoms with Crippen LogP contribution in [0.3, 0.4) is 0 Å². The Bertz CT molecular complexity index is 593. The van der Waals surface area contributed by atoms with Gasteiger partial charge in [-0.25, -0.2) is 0 Å². The van der Waals surface area contributed by atoms with Gasteiger partial charge in [-0.3, -0.25) is 9.67 Å². The average Bonchev–Trinajstić information content (AvgIpc) is 2.60. The van der Waals surface area contributed by atoms with Crippen molar-refractivity contribution in [2.45, 2.75) is 33.7 Å². The third-order valence-electron chi connectivity index (χ3n) is 2.84. The Balaban J connectivity index is 2.65. The number of nitrogens with one attached hydrogen (secondary N) is 1. The lowest BCUT2D eigenvalue weighted by Gasteiger charge is -2.12. The number of benzene rings is 1. The Morgan fingerprint density at radius 3 is 2.59 bits per heavy atom. The molecule has 0 bridgehead atoms. The second-order valence-electron chi connectivity index (χ2n) is 4.63. The van der Waals surface area contributed by atoms with Crippen molar-refractivity contribution < 1.29 is 0 Å². The quantitative estimate of drug-likeness (QED) is 0.819. The first-order valence-electron chi connectivity index (χ1n) is 5.75. The predicted molar refractivity (Wildman–Crippen MR) is 72.7 cm³/mol. The summed E-state index contributed by atoms with van der Waals surface area (Å²) in [6.07, 6.45) is 0. The van der Waals surface area contributed by atoms with Crippen molar-refractivity contribution in [3.05, 3.63) is 34.1 Å². The van der Waals surface area contributed by atoms with E-state index in [1.54, 1.807) is 0 Å². The third-order valence-corrected chi connectivity index (χ3v) is 3.13.